The van der Waals surface area contributed by atoms with E-state index in [0.29, 0.717) is 0 Å². The Morgan fingerprint density at radius 2 is 1.40 bits per heavy atom. The average Bonchev–Trinajstić information content (AvgIpc) is 2.84. The van der Waals surface area contributed by atoms with Gasteiger partial charge in [-0.15, -0.1) is 0 Å². The highest BCUT2D eigenvalue weighted by molar-refractivity contribution is 9.15. The molecule has 0 saturated heterocycles. The van der Waals surface area contributed by atoms with Crippen LogP contribution >= 0.6 is 15.9 Å². The highest BCUT2D eigenvalue weighted by Gasteiger charge is 2.21. The minimum Gasteiger partial charge on any atom is -0.0619 e. The molecule has 0 atom stereocenters. The van der Waals surface area contributed by atoms with Crippen LogP contribution in [-0.4, -0.2) is 0 Å². The van der Waals surface area contributed by atoms with E-state index < -0.39 is 0 Å². The smallest absolute Gasteiger partial charge is 0.0292 e. The first kappa shape index (κ1) is 11.9. The second-order valence-electron chi connectivity index (χ2n) is 5.15. The molecule has 3 aromatic rings. The summed E-state index contributed by atoms with van der Waals surface area (Å²) in [6.45, 7) is 0. The standard InChI is InChI=1S/C19H13Br/c20-19-16-10-4-2-7-14(16)12-18(19)17-11-5-8-13-6-1-3-9-15(13)17/h1-11H,12H2. The van der Waals surface area contributed by atoms with Gasteiger partial charge >= 0.3 is 0 Å². The van der Waals surface area contributed by atoms with E-state index in [0.717, 1.165) is 6.42 Å². The van der Waals surface area contributed by atoms with E-state index in [1.807, 2.05) is 0 Å². The van der Waals surface area contributed by atoms with Crippen molar-refractivity contribution in [1.29, 1.82) is 0 Å². The van der Waals surface area contributed by atoms with Gasteiger partial charge in [0.2, 0.25) is 0 Å². The molecule has 0 radical (unpaired) electrons. The first-order chi connectivity index (χ1) is 9.84. The van der Waals surface area contributed by atoms with Crippen molar-refractivity contribution in [3.8, 4) is 0 Å². The van der Waals surface area contributed by atoms with E-state index in [9.17, 15) is 0 Å². The Morgan fingerprint density at radius 3 is 2.30 bits per heavy atom. The molecule has 3 aromatic carbocycles. The van der Waals surface area contributed by atoms with Crippen LogP contribution in [0.5, 0.6) is 0 Å². The summed E-state index contributed by atoms with van der Waals surface area (Å²) < 4.78 is 1.24. The molecular formula is C19H13Br. The van der Waals surface area contributed by atoms with Gasteiger partial charge in [0.1, 0.15) is 0 Å². The number of hydrogen-bond acceptors (Lipinski definition) is 0. The lowest BCUT2D eigenvalue weighted by atomic mass is 9.97. The zero-order chi connectivity index (χ0) is 13.5. The van der Waals surface area contributed by atoms with Gasteiger partial charge in [-0.3, -0.25) is 0 Å². The molecule has 0 fully saturated rings. The van der Waals surface area contributed by atoms with Crippen molar-refractivity contribution in [3.05, 3.63) is 83.4 Å². The van der Waals surface area contributed by atoms with Crippen LogP contribution in [-0.2, 0) is 6.42 Å². The molecule has 1 aliphatic carbocycles. The highest BCUT2D eigenvalue weighted by Crippen LogP contribution is 2.43. The molecule has 0 N–H and O–H groups in total. The maximum Gasteiger partial charge on any atom is 0.0292 e. The average molecular weight is 321 g/mol. The molecule has 0 nitrogen and oxygen atoms in total. The van der Waals surface area contributed by atoms with Gasteiger partial charge in [-0.2, -0.15) is 0 Å². The predicted octanol–water partition coefficient (Wildman–Crippen LogP) is 5.66. The van der Waals surface area contributed by atoms with Crippen molar-refractivity contribution >= 4 is 36.8 Å². The SMILES string of the molecule is BrC1=C(c2cccc3ccccc23)Cc2ccccc21. The molecule has 96 valence electrons. The summed E-state index contributed by atoms with van der Waals surface area (Å²) in [5, 5.41) is 2.63. The predicted molar refractivity (Wildman–Crippen MR) is 89.8 cm³/mol. The Bertz CT molecular complexity index is 838. The van der Waals surface area contributed by atoms with Crippen molar-refractivity contribution in [2.75, 3.05) is 0 Å². The zero-order valence-corrected chi connectivity index (χ0v) is 12.5. The van der Waals surface area contributed by atoms with Crippen molar-refractivity contribution in [2.24, 2.45) is 0 Å². The summed E-state index contributed by atoms with van der Waals surface area (Å²) in [5.74, 6) is 0. The van der Waals surface area contributed by atoms with Crippen molar-refractivity contribution in [1.82, 2.24) is 0 Å². The molecule has 0 aromatic heterocycles. The highest BCUT2D eigenvalue weighted by atomic mass is 79.9. The summed E-state index contributed by atoms with van der Waals surface area (Å²) in [6.07, 6.45) is 1.00. The van der Waals surface area contributed by atoms with E-state index in [-0.39, 0.29) is 0 Å². The van der Waals surface area contributed by atoms with Gasteiger partial charge < -0.3 is 0 Å². The van der Waals surface area contributed by atoms with Crippen LogP contribution in [0.15, 0.2) is 66.7 Å². The molecule has 0 heterocycles. The van der Waals surface area contributed by atoms with Gasteiger partial charge in [0.05, 0.1) is 0 Å². The van der Waals surface area contributed by atoms with Gasteiger partial charge in [-0.25, -0.2) is 0 Å². The number of halogens is 1. The summed E-state index contributed by atoms with van der Waals surface area (Å²) in [6, 6.07) is 23.8. The van der Waals surface area contributed by atoms with Gasteiger partial charge in [-0.05, 0) is 55.4 Å². The molecule has 0 saturated carbocycles. The number of hydrogen-bond donors (Lipinski definition) is 0. The summed E-state index contributed by atoms with van der Waals surface area (Å²) in [5.41, 5.74) is 5.46. The fourth-order valence-corrected chi connectivity index (χ4v) is 3.76. The Kier molecular flexibility index (Phi) is 2.75. The summed E-state index contributed by atoms with van der Waals surface area (Å²) in [4.78, 5) is 0. The first-order valence-electron chi connectivity index (χ1n) is 6.79. The maximum atomic E-state index is 3.81. The minimum absolute atomic E-state index is 1.00. The topological polar surface area (TPSA) is 0 Å². The van der Waals surface area contributed by atoms with Gasteiger partial charge in [-0.1, -0.05) is 66.7 Å². The van der Waals surface area contributed by atoms with Gasteiger partial charge in [0.25, 0.3) is 0 Å². The lowest BCUT2D eigenvalue weighted by molar-refractivity contribution is 1.32. The third-order valence-electron chi connectivity index (χ3n) is 4.00. The van der Waals surface area contributed by atoms with Crippen molar-refractivity contribution in [3.63, 3.8) is 0 Å². The van der Waals surface area contributed by atoms with Crippen molar-refractivity contribution < 1.29 is 0 Å². The van der Waals surface area contributed by atoms with Crippen LogP contribution in [0, 0.1) is 0 Å². The van der Waals surface area contributed by atoms with Crippen LogP contribution in [0.1, 0.15) is 16.7 Å². The lowest BCUT2D eigenvalue weighted by Gasteiger charge is -2.08. The number of allylic oxidation sites excluding steroid dienone is 1. The van der Waals surface area contributed by atoms with Gasteiger partial charge in [0, 0.05) is 4.48 Å². The molecule has 0 aliphatic heterocycles. The number of benzene rings is 3. The molecule has 4 rings (SSSR count). The van der Waals surface area contributed by atoms with Crippen LogP contribution in [0.4, 0.5) is 0 Å². The molecule has 1 heteroatoms. The molecule has 20 heavy (non-hydrogen) atoms. The summed E-state index contributed by atoms with van der Waals surface area (Å²) in [7, 11) is 0. The zero-order valence-electron chi connectivity index (χ0n) is 10.9. The fraction of sp³-hybridized carbons (Fsp3) is 0.0526. The van der Waals surface area contributed by atoms with Crippen LogP contribution in [0.2, 0.25) is 0 Å². The Hall–Kier alpha value is -1.86. The van der Waals surface area contributed by atoms with Crippen molar-refractivity contribution in [2.45, 2.75) is 6.42 Å². The Labute approximate surface area is 126 Å². The Balaban J connectivity index is 1.96. The molecule has 0 spiro atoms. The van der Waals surface area contributed by atoms with Gasteiger partial charge in [0.15, 0.2) is 0 Å². The number of fused-ring (bicyclic) bond motifs is 2. The molecular weight excluding hydrogens is 308 g/mol. The third-order valence-corrected chi connectivity index (χ3v) is 4.91. The normalized spacial score (nSPS) is 13.8. The molecule has 0 bridgehead atoms. The lowest BCUT2D eigenvalue weighted by Crippen LogP contribution is -1.87. The largest absolute Gasteiger partial charge is 0.0619 e. The monoisotopic (exact) mass is 320 g/mol. The first-order valence-corrected chi connectivity index (χ1v) is 7.59. The van der Waals surface area contributed by atoms with Crippen LogP contribution in [0.25, 0.3) is 20.8 Å². The minimum atomic E-state index is 1.00. The van der Waals surface area contributed by atoms with Crippen LogP contribution < -0.4 is 0 Å². The van der Waals surface area contributed by atoms with E-state index in [1.165, 1.54) is 37.5 Å². The quantitative estimate of drug-likeness (QED) is 0.542. The molecule has 0 amide bonds. The molecule has 1 aliphatic rings. The second-order valence-corrected chi connectivity index (χ2v) is 5.95. The Morgan fingerprint density at radius 1 is 0.700 bits per heavy atom. The van der Waals surface area contributed by atoms with E-state index >= 15 is 0 Å². The fourth-order valence-electron chi connectivity index (χ4n) is 3.02. The van der Waals surface area contributed by atoms with E-state index in [1.54, 1.807) is 0 Å². The number of rotatable bonds is 1. The van der Waals surface area contributed by atoms with Crippen LogP contribution in [0.3, 0.4) is 0 Å². The molecule has 0 unspecified atom stereocenters. The summed E-state index contributed by atoms with van der Waals surface area (Å²) >= 11 is 3.81. The maximum absolute atomic E-state index is 3.81. The van der Waals surface area contributed by atoms with E-state index in [4.69, 9.17) is 0 Å². The van der Waals surface area contributed by atoms with E-state index in [2.05, 4.69) is 82.7 Å². The third kappa shape index (κ3) is 1.74. The second kappa shape index (κ2) is 4.60.